The normalized spacial score (nSPS) is 26.1. The Morgan fingerprint density at radius 3 is 2.33 bits per heavy atom. The molecule has 0 spiro atoms. The molecule has 0 aromatic heterocycles. The minimum absolute atomic E-state index is 0.0997. The minimum Gasteiger partial charge on any atom is -0.480 e. The van der Waals surface area contributed by atoms with Crippen molar-refractivity contribution in [1.82, 2.24) is 4.31 Å². The fraction of sp³-hybridized carbons (Fsp3) is 0.909. The molecular formula is C11H19NO7S2. The van der Waals surface area contributed by atoms with E-state index >= 15 is 0 Å². The summed E-state index contributed by atoms with van der Waals surface area (Å²) >= 11 is 0. The molecule has 2 saturated heterocycles. The van der Waals surface area contributed by atoms with Gasteiger partial charge in [0.25, 0.3) is 0 Å². The maximum absolute atomic E-state index is 12.4. The lowest BCUT2D eigenvalue weighted by molar-refractivity contribution is -0.157. The highest BCUT2D eigenvalue weighted by molar-refractivity contribution is 7.92. The molecule has 2 aliphatic rings. The number of carboxylic acid groups (broad SMARTS) is 1. The van der Waals surface area contributed by atoms with Gasteiger partial charge in [-0.2, -0.15) is 4.31 Å². The second kappa shape index (κ2) is 5.49. The third-order valence-corrected chi connectivity index (χ3v) is 7.86. The summed E-state index contributed by atoms with van der Waals surface area (Å²) in [5, 5.41) is 7.89. The fourth-order valence-electron chi connectivity index (χ4n) is 2.58. The van der Waals surface area contributed by atoms with E-state index in [1.807, 2.05) is 0 Å². The fourth-order valence-corrected chi connectivity index (χ4v) is 6.53. The molecule has 10 heteroatoms. The largest absolute Gasteiger partial charge is 0.480 e. The molecule has 2 heterocycles. The highest BCUT2D eigenvalue weighted by Crippen LogP contribution is 2.32. The van der Waals surface area contributed by atoms with Crippen molar-refractivity contribution < 1.29 is 31.5 Å². The van der Waals surface area contributed by atoms with E-state index in [0.717, 1.165) is 0 Å². The highest BCUT2D eigenvalue weighted by atomic mass is 32.2. The Balaban J connectivity index is 1.93. The molecule has 0 bridgehead atoms. The van der Waals surface area contributed by atoms with E-state index < -0.39 is 43.3 Å². The van der Waals surface area contributed by atoms with Gasteiger partial charge < -0.3 is 9.84 Å². The molecule has 2 rings (SSSR count). The van der Waals surface area contributed by atoms with Crippen molar-refractivity contribution in [2.24, 2.45) is 0 Å². The van der Waals surface area contributed by atoms with Crippen LogP contribution >= 0.6 is 0 Å². The van der Waals surface area contributed by atoms with Gasteiger partial charge >= 0.3 is 5.97 Å². The van der Waals surface area contributed by atoms with Gasteiger partial charge in [-0.3, -0.25) is 0 Å². The summed E-state index contributed by atoms with van der Waals surface area (Å²) in [4.78, 5) is 10.5. The lowest BCUT2D eigenvalue weighted by Crippen LogP contribution is -2.65. The zero-order chi connectivity index (χ0) is 15.9. The number of ether oxygens (including phenoxy) is 1. The lowest BCUT2D eigenvalue weighted by Gasteiger charge is -2.47. The van der Waals surface area contributed by atoms with Gasteiger partial charge in [-0.15, -0.1) is 0 Å². The van der Waals surface area contributed by atoms with Crippen LogP contribution in [0, 0.1) is 0 Å². The number of hydrogen-bond donors (Lipinski definition) is 1. The van der Waals surface area contributed by atoms with Crippen molar-refractivity contribution in [2.75, 3.05) is 31.2 Å². The van der Waals surface area contributed by atoms with Crippen molar-refractivity contribution in [1.29, 1.82) is 0 Å². The van der Waals surface area contributed by atoms with Gasteiger partial charge in [0.1, 0.15) is 16.4 Å². The molecule has 0 aromatic carbocycles. The molecular weight excluding hydrogens is 322 g/mol. The number of rotatable bonds is 5. The van der Waals surface area contributed by atoms with Crippen molar-refractivity contribution in [3.05, 3.63) is 0 Å². The van der Waals surface area contributed by atoms with Crippen LogP contribution in [-0.2, 0) is 29.4 Å². The van der Waals surface area contributed by atoms with Crippen LogP contribution in [0.2, 0.25) is 0 Å². The molecule has 0 unspecified atom stereocenters. The van der Waals surface area contributed by atoms with Crippen LogP contribution in [0.25, 0.3) is 0 Å². The van der Waals surface area contributed by atoms with Gasteiger partial charge in [0.2, 0.25) is 10.0 Å². The number of carboxylic acids is 1. The third-order valence-electron chi connectivity index (χ3n) is 3.85. The van der Waals surface area contributed by atoms with E-state index in [1.165, 1.54) is 4.31 Å². The van der Waals surface area contributed by atoms with Crippen LogP contribution in [0.4, 0.5) is 0 Å². The van der Waals surface area contributed by atoms with Gasteiger partial charge in [0.05, 0.1) is 22.4 Å². The standard InChI is InChI=1S/C11H19NO7S2/c1-11(19-6-10(13)14)7-12(8-11)21(17,18)9-2-4-20(15,16)5-3-9/h9H,2-8H2,1H3,(H,13,14). The van der Waals surface area contributed by atoms with Crippen LogP contribution in [0.3, 0.4) is 0 Å². The summed E-state index contributed by atoms with van der Waals surface area (Å²) in [6, 6.07) is 0. The van der Waals surface area contributed by atoms with Gasteiger partial charge in [-0.25, -0.2) is 21.6 Å². The monoisotopic (exact) mass is 341 g/mol. The van der Waals surface area contributed by atoms with Crippen LogP contribution < -0.4 is 0 Å². The van der Waals surface area contributed by atoms with Crippen LogP contribution in [0.1, 0.15) is 19.8 Å². The maximum atomic E-state index is 12.4. The third kappa shape index (κ3) is 3.74. The summed E-state index contributed by atoms with van der Waals surface area (Å²) in [6.07, 6.45) is 0.238. The minimum atomic E-state index is -3.54. The zero-order valence-electron chi connectivity index (χ0n) is 11.7. The van der Waals surface area contributed by atoms with Crippen molar-refractivity contribution in [2.45, 2.75) is 30.6 Å². The SMILES string of the molecule is CC1(OCC(=O)O)CN(S(=O)(=O)C2CCS(=O)(=O)CC2)C1. The van der Waals surface area contributed by atoms with Crippen molar-refractivity contribution >= 4 is 25.8 Å². The van der Waals surface area contributed by atoms with Gasteiger partial charge in [-0.1, -0.05) is 0 Å². The van der Waals surface area contributed by atoms with Crippen LogP contribution in [0.15, 0.2) is 0 Å². The molecule has 2 fully saturated rings. The average molecular weight is 341 g/mol. The zero-order valence-corrected chi connectivity index (χ0v) is 13.3. The van der Waals surface area contributed by atoms with Gasteiger partial charge in [-0.05, 0) is 19.8 Å². The van der Waals surface area contributed by atoms with Crippen LogP contribution in [-0.4, -0.2) is 74.3 Å². The summed E-state index contributed by atoms with van der Waals surface area (Å²) in [5.74, 6) is -1.30. The number of sulfonamides is 1. The Bertz CT molecular complexity index is 605. The molecule has 0 saturated carbocycles. The summed E-state index contributed by atoms with van der Waals surface area (Å²) in [5.41, 5.74) is -0.786. The molecule has 0 radical (unpaired) electrons. The number of carbonyl (C=O) groups is 1. The molecule has 0 aliphatic carbocycles. The molecule has 0 atom stereocenters. The smallest absolute Gasteiger partial charge is 0.329 e. The summed E-state index contributed by atoms with van der Waals surface area (Å²) < 4.78 is 53.8. The van der Waals surface area contributed by atoms with Crippen LogP contribution in [0.5, 0.6) is 0 Å². The quantitative estimate of drug-likeness (QED) is 0.686. The molecule has 0 aromatic rings. The predicted octanol–water partition coefficient (Wildman–Crippen LogP) is -0.931. The number of nitrogens with zero attached hydrogens (tertiary/aromatic N) is 1. The van der Waals surface area contributed by atoms with Gasteiger partial charge in [0, 0.05) is 13.1 Å². The number of hydrogen-bond acceptors (Lipinski definition) is 6. The molecule has 0 amide bonds. The first-order chi connectivity index (χ1) is 9.54. The Hall–Kier alpha value is -0.710. The Labute approximate surface area is 124 Å². The Kier molecular flexibility index (Phi) is 4.35. The van der Waals surface area contributed by atoms with E-state index in [0.29, 0.717) is 0 Å². The van der Waals surface area contributed by atoms with Gasteiger partial charge in [0.15, 0.2) is 0 Å². The second-order valence-electron chi connectivity index (χ2n) is 5.80. The van der Waals surface area contributed by atoms with E-state index in [4.69, 9.17) is 9.84 Å². The predicted molar refractivity (Wildman–Crippen MR) is 74.2 cm³/mol. The second-order valence-corrected chi connectivity index (χ2v) is 10.3. The van der Waals surface area contributed by atoms with Crippen molar-refractivity contribution in [3.8, 4) is 0 Å². The highest BCUT2D eigenvalue weighted by Gasteiger charge is 2.49. The number of sulfone groups is 1. The molecule has 2 aliphatic heterocycles. The molecule has 8 nitrogen and oxygen atoms in total. The Morgan fingerprint density at radius 1 is 1.33 bits per heavy atom. The Morgan fingerprint density at radius 2 is 1.86 bits per heavy atom. The van der Waals surface area contributed by atoms with Crippen molar-refractivity contribution in [3.63, 3.8) is 0 Å². The topological polar surface area (TPSA) is 118 Å². The van der Waals surface area contributed by atoms with E-state index in [9.17, 15) is 21.6 Å². The average Bonchev–Trinajstić information content (AvgIpc) is 2.32. The first-order valence-corrected chi connectivity index (χ1v) is 9.92. The van der Waals surface area contributed by atoms with E-state index in [2.05, 4.69) is 0 Å². The first kappa shape index (κ1) is 16.7. The number of aliphatic carboxylic acids is 1. The molecule has 122 valence electrons. The van der Waals surface area contributed by atoms with E-state index in [-0.39, 0.29) is 37.4 Å². The summed E-state index contributed by atoms with van der Waals surface area (Å²) in [7, 11) is -6.65. The van der Waals surface area contributed by atoms with E-state index in [1.54, 1.807) is 6.92 Å². The lowest BCUT2D eigenvalue weighted by atomic mass is 10.0. The maximum Gasteiger partial charge on any atom is 0.329 e. The summed E-state index contributed by atoms with van der Waals surface area (Å²) in [6.45, 7) is 1.40. The first-order valence-electron chi connectivity index (χ1n) is 6.59. The molecule has 1 N–H and O–H groups in total. The molecule has 21 heavy (non-hydrogen) atoms.